The van der Waals surface area contributed by atoms with Gasteiger partial charge in [0.15, 0.2) is 0 Å². The van der Waals surface area contributed by atoms with Gasteiger partial charge in [0.05, 0.1) is 0 Å². The standard InChI is InChI=1S/C21H34N6O/c1-28-12-2-7-26-8-10-27(11-9-26)15-16-3-5-17(6-4-16)18-13-23-20-19(18)14-24-21(22)25-20/h13-14,16-17H,2-12,15H2,1H3,(H3,22,23,24,25). The van der Waals surface area contributed by atoms with E-state index in [9.17, 15) is 0 Å². The fourth-order valence-corrected chi connectivity index (χ4v) is 4.93. The summed E-state index contributed by atoms with van der Waals surface area (Å²) in [6, 6.07) is 0. The van der Waals surface area contributed by atoms with E-state index >= 15 is 0 Å². The molecule has 1 aliphatic heterocycles. The molecule has 2 fully saturated rings. The maximum absolute atomic E-state index is 5.70. The summed E-state index contributed by atoms with van der Waals surface area (Å²) in [7, 11) is 1.79. The zero-order valence-electron chi connectivity index (χ0n) is 17.1. The highest BCUT2D eigenvalue weighted by Crippen LogP contribution is 2.38. The van der Waals surface area contributed by atoms with Crippen molar-refractivity contribution in [2.75, 3.05) is 58.7 Å². The number of fused-ring (bicyclic) bond motifs is 1. The first-order valence-corrected chi connectivity index (χ1v) is 10.8. The van der Waals surface area contributed by atoms with Gasteiger partial charge in [-0.2, -0.15) is 4.98 Å². The molecule has 4 rings (SSSR count). The highest BCUT2D eigenvalue weighted by Gasteiger charge is 2.27. The molecule has 3 N–H and O–H groups in total. The normalized spacial score (nSPS) is 24.8. The van der Waals surface area contributed by atoms with Crippen molar-refractivity contribution in [1.82, 2.24) is 24.8 Å². The summed E-state index contributed by atoms with van der Waals surface area (Å²) in [6.07, 6.45) is 10.3. The van der Waals surface area contributed by atoms with E-state index in [0.29, 0.717) is 11.9 Å². The monoisotopic (exact) mass is 386 g/mol. The Balaban J connectivity index is 1.23. The third-order valence-electron chi connectivity index (χ3n) is 6.57. The summed E-state index contributed by atoms with van der Waals surface area (Å²) in [5.74, 6) is 1.80. The molecule has 2 aromatic rings. The number of H-pyrrole nitrogens is 1. The number of aromatic amines is 1. The molecule has 0 radical (unpaired) electrons. The Hall–Kier alpha value is -1.70. The molecule has 0 spiro atoms. The molecule has 0 aromatic carbocycles. The van der Waals surface area contributed by atoms with Crippen LogP contribution in [0.4, 0.5) is 5.95 Å². The Bertz CT molecular complexity index is 746. The van der Waals surface area contributed by atoms with Crippen LogP contribution in [0, 0.1) is 5.92 Å². The van der Waals surface area contributed by atoms with Gasteiger partial charge in [-0.25, -0.2) is 4.98 Å². The smallest absolute Gasteiger partial charge is 0.221 e. The predicted octanol–water partition coefficient (Wildman–Crippen LogP) is 2.47. The summed E-state index contributed by atoms with van der Waals surface area (Å²) in [4.78, 5) is 17.0. The predicted molar refractivity (Wildman–Crippen MR) is 112 cm³/mol. The van der Waals surface area contributed by atoms with E-state index in [2.05, 4.69) is 30.9 Å². The van der Waals surface area contributed by atoms with E-state index in [1.165, 1.54) is 70.5 Å². The SMILES string of the molecule is COCCCN1CCN(CC2CCC(c3c[nH]c4nc(N)ncc34)CC2)CC1. The van der Waals surface area contributed by atoms with E-state index < -0.39 is 0 Å². The first-order valence-electron chi connectivity index (χ1n) is 10.8. The number of aromatic nitrogens is 3. The molecule has 7 nitrogen and oxygen atoms in total. The molecule has 154 valence electrons. The Labute approximate surface area is 167 Å². The number of hydrogen-bond acceptors (Lipinski definition) is 6. The van der Waals surface area contributed by atoms with Gasteiger partial charge >= 0.3 is 0 Å². The van der Waals surface area contributed by atoms with Gasteiger partial charge in [-0.3, -0.25) is 0 Å². The van der Waals surface area contributed by atoms with Crippen LogP contribution in [0.1, 0.15) is 43.6 Å². The van der Waals surface area contributed by atoms with Crippen LogP contribution < -0.4 is 5.73 Å². The summed E-state index contributed by atoms with van der Waals surface area (Å²) >= 11 is 0. The number of rotatable bonds is 7. The highest BCUT2D eigenvalue weighted by molar-refractivity contribution is 5.80. The molecule has 28 heavy (non-hydrogen) atoms. The molecular formula is C21H34N6O. The van der Waals surface area contributed by atoms with Crippen LogP contribution in [0.25, 0.3) is 11.0 Å². The molecule has 0 amide bonds. The van der Waals surface area contributed by atoms with Gasteiger partial charge in [-0.1, -0.05) is 0 Å². The number of nitrogens with two attached hydrogens (primary N) is 1. The fourth-order valence-electron chi connectivity index (χ4n) is 4.93. The van der Waals surface area contributed by atoms with Gasteiger partial charge < -0.3 is 25.3 Å². The van der Waals surface area contributed by atoms with Crippen molar-refractivity contribution in [3.05, 3.63) is 18.0 Å². The van der Waals surface area contributed by atoms with Crippen molar-refractivity contribution < 1.29 is 4.74 Å². The van der Waals surface area contributed by atoms with Gasteiger partial charge in [-0.15, -0.1) is 0 Å². The van der Waals surface area contributed by atoms with Crippen molar-refractivity contribution in [2.24, 2.45) is 5.92 Å². The number of methoxy groups -OCH3 is 1. The lowest BCUT2D eigenvalue weighted by Crippen LogP contribution is -2.48. The third-order valence-corrected chi connectivity index (χ3v) is 6.57. The topological polar surface area (TPSA) is 83.3 Å². The second kappa shape index (κ2) is 9.20. The minimum Gasteiger partial charge on any atom is -0.385 e. The summed E-state index contributed by atoms with van der Waals surface area (Å²) in [5.41, 5.74) is 7.94. The molecule has 0 unspecified atom stereocenters. The summed E-state index contributed by atoms with van der Waals surface area (Å²) in [6.45, 7) is 8.16. The number of ether oxygens (including phenoxy) is 1. The highest BCUT2D eigenvalue weighted by atomic mass is 16.5. The molecule has 0 bridgehead atoms. The van der Waals surface area contributed by atoms with Crippen molar-refractivity contribution in [3.8, 4) is 0 Å². The molecule has 1 saturated heterocycles. The Morgan fingerprint density at radius 1 is 1.14 bits per heavy atom. The first-order chi connectivity index (χ1) is 13.7. The average Bonchev–Trinajstić information content (AvgIpc) is 3.13. The Kier molecular flexibility index (Phi) is 6.44. The van der Waals surface area contributed by atoms with Gasteiger partial charge in [0, 0.05) is 70.8 Å². The maximum atomic E-state index is 5.70. The lowest BCUT2D eigenvalue weighted by Gasteiger charge is -2.38. The number of anilines is 1. The van der Waals surface area contributed by atoms with E-state index in [1.807, 2.05) is 6.20 Å². The number of nitrogens with one attached hydrogen (secondary N) is 1. The fraction of sp³-hybridized carbons (Fsp3) is 0.714. The zero-order chi connectivity index (χ0) is 19.3. The van der Waals surface area contributed by atoms with Crippen LogP contribution in [0.5, 0.6) is 0 Å². The van der Waals surface area contributed by atoms with Crippen LogP contribution in [0.15, 0.2) is 12.4 Å². The molecule has 1 aliphatic carbocycles. The number of nitrogens with zero attached hydrogens (tertiary/aromatic N) is 4. The van der Waals surface area contributed by atoms with Gasteiger partial charge in [0.25, 0.3) is 0 Å². The summed E-state index contributed by atoms with van der Waals surface area (Å²) < 4.78 is 5.17. The van der Waals surface area contributed by atoms with Gasteiger partial charge in [0.2, 0.25) is 5.95 Å². The Morgan fingerprint density at radius 3 is 2.64 bits per heavy atom. The quantitative estimate of drug-likeness (QED) is 0.711. The largest absolute Gasteiger partial charge is 0.385 e. The molecule has 3 heterocycles. The van der Waals surface area contributed by atoms with Crippen molar-refractivity contribution >= 4 is 17.0 Å². The minimum atomic E-state index is 0.336. The van der Waals surface area contributed by atoms with Crippen LogP contribution in [-0.2, 0) is 4.74 Å². The zero-order valence-corrected chi connectivity index (χ0v) is 17.1. The van der Waals surface area contributed by atoms with E-state index in [4.69, 9.17) is 10.5 Å². The lowest BCUT2D eigenvalue weighted by atomic mass is 9.78. The van der Waals surface area contributed by atoms with Crippen molar-refractivity contribution in [3.63, 3.8) is 0 Å². The van der Waals surface area contributed by atoms with E-state index in [1.54, 1.807) is 7.11 Å². The second-order valence-electron chi connectivity index (χ2n) is 8.44. The first kappa shape index (κ1) is 19.6. The second-order valence-corrected chi connectivity index (χ2v) is 8.44. The van der Waals surface area contributed by atoms with Crippen LogP contribution in [-0.4, -0.2) is 77.7 Å². The molecule has 2 aliphatic rings. The molecule has 0 atom stereocenters. The number of nitrogen functional groups attached to an aromatic ring is 1. The summed E-state index contributed by atoms with van der Waals surface area (Å²) in [5, 5.41) is 1.14. The maximum Gasteiger partial charge on any atom is 0.221 e. The minimum absolute atomic E-state index is 0.336. The van der Waals surface area contributed by atoms with Crippen molar-refractivity contribution in [2.45, 2.75) is 38.0 Å². The third kappa shape index (κ3) is 4.64. The van der Waals surface area contributed by atoms with Crippen LogP contribution in [0.3, 0.4) is 0 Å². The lowest BCUT2D eigenvalue weighted by molar-refractivity contribution is 0.0987. The van der Waals surface area contributed by atoms with Gasteiger partial charge in [-0.05, 0) is 49.5 Å². The number of hydrogen-bond donors (Lipinski definition) is 2. The van der Waals surface area contributed by atoms with Crippen LogP contribution >= 0.6 is 0 Å². The van der Waals surface area contributed by atoms with E-state index in [-0.39, 0.29) is 0 Å². The van der Waals surface area contributed by atoms with E-state index in [0.717, 1.165) is 30.0 Å². The molecule has 2 aromatic heterocycles. The average molecular weight is 387 g/mol. The van der Waals surface area contributed by atoms with Gasteiger partial charge in [0.1, 0.15) is 5.65 Å². The van der Waals surface area contributed by atoms with Crippen LogP contribution in [0.2, 0.25) is 0 Å². The number of piperazine rings is 1. The Morgan fingerprint density at radius 2 is 1.89 bits per heavy atom. The molecule has 7 heteroatoms. The molecule has 1 saturated carbocycles. The van der Waals surface area contributed by atoms with Crippen molar-refractivity contribution in [1.29, 1.82) is 0 Å². The molecular weight excluding hydrogens is 352 g/mol.